The van der Waals surface area contributed by atoms with E-state index in [4.69, 9.17) is 0 Å². The first-order valence-corrected chi connectivity index (χ1v) is 10.5. The highest BCUT2D eigenvalue weighted by molar-refractivity contribution is 14.0. The molecular weight excluding hydrogens is 463 g/mol. The third-order valence-electron chi connectivity index (χ3n) is 5.87. The highest BCUT2D eigenvalue weighted by Gasteiger charge is 2.26. The van der Waals surface area contributed by atoms with Crippen LogP contribution in [0.3, 0.4) is 0 Å². The first-order valence-electron chi connectivity index (χ1n) is 10.5. The molecule has 1 saturated carbocycles. The van der Waals surface area contributed by atoms with Crippen molar-refractivity contribution in [1.82, 2.24) is 20.5 Å². The minimum absolute atomic E-state index is 0. The molecule has 1 aromatic heterocycles. The Hall–Kier alpha value is -1.09. The maximum Gasteiger partial charge on any atom is 0.191 e. The predicted molar refractivity (Wildman–Crippen MR) is 129 cm³/mol. The maximum absolute atomic E-state index is 4.66. The number of hydrogen-bond donors (Lipinski definition) is 2. The second kappa shape index (κ2) is 11.8. The fourth-order valence-electron chi connectivity index (χ4n) is 4.23. The summed E-state index contributed by atoms with van der Waals surface area (Å²) < 4.78 is 0. The van der Waals surface area contributed by atoms with Gasteiger partial charge in [0.25, 0.3) is 0 Å². The quantitative estimate of drug-likeness (QED) is 0.370. The second-order valence-electron chi connectivity index (χ2n) is 8.05. The monoisotopic (exact) mass is 500 g/mol. The molecule has 0 aromatic carbocycles. The Kier molecular flexibility index (Phi) is 9.77. The first kappa shape index (κ1) is 23.2. The Bertz CT molecular complexity index is 607. The topological polar surface area (TPSA) is 55.8 Å². The number of pyridine rings is 1. The number of nitrogens with one attached hydrogen (secondary N) is 2. The molecule has 3 rings (SSSR count). The zero-order valence-electron chi connectivity index (χ0n) is 17.7. The summed E-state index contributed by atoms with van der Waals surface area (Å²) in [6, 6.07) is 7.48. The van der Waals surface area contributed by atoms with Gasteiger partial charge in [-0.05, 0) is 37.8 Å². The van der Waals surface area contributed by atoms with Crippen LogP contribution in [0.15, 0.2) is 23.2 Å². The van der Waals surface area contributed by atoms with Gasteiger partial charge in [0.15, 0.2) is 5.96 Å². The lowest BCUT2D eigenvalue weighted by molar-refractivity contribution is 0.119. The zero-order valence-corrected chi connectivity index (χ0v) is 20.0. The highest BCUT2D eigenvalue weighted by atomic mass is 127. The van der Waals surface area contributed by atoms with Crippen molar-refractivity contribution in [2.45, 2.75) is 63.6 Å². The summed E-state index contributed by atoms with van der Waals surface area (Å²) in [5.74, 6) is 1.86. The largest absolute Gasteiger partial charge is 0.363 e. The van der Waals surface area contributed by atoms with Crippen LogP contribution in [0.4, 0.5) is 5.82 Å². The standard InChI is InChI=1S/C21H36N6.HI/c1-22-21(23-16-18-8-7-11-20(24-18)26(2)3)25-17-12-14-27(15-13-17)19-9-5-4-6-10-19;/h7-8,11,17,19H,4-6,9-10,12-16H2,1-3H3,(H2,22,23,25);1H. The van der Waals surface area contributed by atoms with Crippen LogP contribution in [0.1, 0.15) is 50.6 Å². The fourth-order valence-corrected chi connectivity index (χ4v) is 4.23. The van der Waals surface area contributed by atoms with Gasteiger partial charge in [-0.25, -0.2) is 4.98 Å². The van der Waals surface area contributed by atoms with Crippen LogP contribution in [0.25, 0.3) is 0 Å². The molecule has 2 heterocycles. The van der Waals surface area contributed by atoms with Crippen LogP contribution in [-0.2, 0) is 6.54 Å². The number of rotatable bonds is 5. The van der Waals surface area contributed by atoms with Gasteiger partial charge in [-0.2, -0.15) is 0 Å². The zero-order chi connectivity index (χ0) is 19.1. The summed E-state index contributed by atoms with van der Waals surface area (Å²) in [4.78, 5) is 13.8. The second-order valence-corrected chi connectivity index (χ2v) is 8.05. The van der Waals surface area contributed by atoms with E-state index in [-0.39, 0.29) is 24.0 Å². The van der Waals surface area contributed by atoms with Crippen LogP contribution >= 0.6 is 24.0 Å². The first-order chi connectivity index (χ1) is 13.2. The van der Waals surface area contributed by atoms with Gasteiger partial charge in [0.05, 0.1) is 12.2 Å². The summed E-state index contributed by atoms with van der Waals surface area (Å²) in [5.41, 5.74) is 1.02. The molecule has 1 saturated heterocycles. The average molecular weight is 500 g/mol. The van der Waals surface area contributed by atoms with Crippen molar-refractivity contribution in [3.05, 3.63) is 23.9 Å². The molecular formula is C21H37IN6. The lowest BCUT2D eigenvalue weighted by Crippen LogP contribution is -2.50. The van der Waals surface area contributed by atoms with Crippen LogP contribution in [0.5, 0.6) is 0 Å². The average Bonchev–Trinajstić information content (AvgIpc) is 2.72. The lowest BCUT2D eigenvalue weighted by Gasteiger charge is -2.39. The molecule has 0 radical (unpaired) electrons. The van der Waals surface area contributed by atoms with E-state index in [1.807, 2.05) is 32.1 Å². The van der Waals surface area contributed by atoms with E-state index in [0.717, 1.165) is 23.5 Å². The molecule has 0 atom stereocenters. The smallest absolute Gasteiger partial charge is 0.191 e. The van der Waals surface area contributed by atoms with Gasteiger partial charge in [0.2, 0.25) is 0 Å². The van der Waals surface area contributed by atoms with Gasteiger partial charge < -0.3 is 20.4 Å². The number of aliphatic imine (C=N–C) groups is 1. The number of nitrogens with zero attached hydrogens (tertiary/aromatic N) is 4. The van der Waals surface area contributed by atoms with E-state index in [0.29, 0.717) is 12.6 Å². The van der Waals surface area contributed by atoms with E-state index in [1.54, 1.807) is 0 Å². The number of guanidine groups is 1. The number of hydrogen-bond acceptors (Lipinski definition) is 4. The highest BCUT2D eigenvalue weighted by Crippen LogP contribution is 2.25. The van der Waals surface area contributed by atoms with Gasteiger partial charge >= 0.3 is 0 Å². The molecule has 2 fully saturated rings. The van der Waals surface area contributed by atoms with Crippen LogP contribution in [0, 0.1) is 0 Å². The van der Waals surface area contributed by atoms with Gasteiger partial charge in [0.1, 0.15) is 5.82 Å². The Morgan fingerprint density at radius 1 is 1.14 bits per heavy atom. The molecule has 7 heteroatoms. The summed E-state index contributed by atoms with van der Waals surface area (Å²) in [6.45, 7) is 3.11. The van der Waals surface area contributed by atoms with Crippen molar-refractivity contribution in [3.63, 3.8) is 0 Å². The maximum atomic E-state index is 4.66. The van der Waals surface area contributed by atoms with Gasteiger partial charge in [-0.1, -0.05) is 25.3 Å². The van der Waals surface area contributed by atoms with Crippen molar-refractivity contribution in [2.24, 2.45) is 4.99 Å². The molecule has 28 heavy (non-hydrogen) atoms. The molecule has 0 bridgehead atoms. The molecule has 1 aromatic rings. The Morgan fingerprint density at radius 2 is 1.86 bits per heavy atom. The minimum atomic E-state index is 0. The number of likely N-dealkylation sites (tertiary alicyclic amines) is 1. The summed E-state index contributed by atoms with van der Waals surface area (Å²) in [5, 5.41) is 7.03. The molecule has 0 amide bonds. The Morgan fingerprint density at radius 3 is 2.50 bits per heavy atom. The third-order valence-corrected chi connectivity index (χ3v) is 5.87. The molecule has 2 N–H and O–H groups in total. The molecule has 2 aliphatic rings. The molecule has 1 aliphatic carbocycles. The summed E-state index contributed by atoms with van der Waals surface area (Å²) in [7, 11) is 5.87. The van der Waals surface area contributed by atoms with Crippen LogP contribution in [0.2, 0.25) is 0 Å². The van der Waals surface area contributed by atoms with Gasteiger partial charge in [0, 0.05) is 46.3 Å². The lowest BCUT2D eigenvalue weighted by atomic mass is 9.92. The van der Waals surface area contributed by atoms with E-state index in [1.165, 1.54) is 58.0 Å². The van der Waals surface area contributed by atoms with E-state index >= 15 is 0 Å². The van der Waals surface area contributed by atoms with Crippen molar-refractivity contribution >= 4 is 35.8 Å². The summed E-state index contributed by atoms with van der Waals surface area (Å²) in [6.07, 6.45) is 9.48. The molecule has 158 valence electrons. The molecule has 1 aliphatic heterocycles. The number of piperidine rings is 1. The van der Waals surface area contributed by atoms with E-state index in [2.05, 4.69) is 37.6 Å². The van der Waals surface area contributed by atoms with Crippen molar-refractivity contribution < 1.29 is 0 Å². The van der Waals surface area contributed by atoms with E-state index < -0.39 is 0 Å². The van der Waals surface area contributed by atoms with Crippen molar-refractivity contribution in [2.75, 3.05) is 39.1 Å². The normalized spacial score (nSPS) is 19.8. The van der Waals surface area contributed by atoms with Crippen molar-refractivity contribution in [3.8, 4) is 0 Å². The van der Waals surface area contributed by atoms with Crippen LogP contribution in [-0.4, -0.2) is 62.2 Å². The number of halogens is 1. The third kappa shape index (κ3) is 6.76. The summed E-state index contributed by atoms with van der Waals surface area (Å²) >= 11 is 0. The molecule has 0 unspecified atom stereocenters. The van der Waals surface area contributed by atoms with Gasteiger partial charge in [-0.3, -0.25) is 4.99 Å². The Labute approximate surface area is 187 Å². The predicted octanol–water partition coefficient (Wildman–Crippen LogP) is 3.23. The number of aromatic nitrogens is 1. The SMILES string of the molecule is CN=C(NCc1cccc(N(C)C)n1)NC1CCN(C2CCCCC2)CC1.I. The minimum Gasteiger partial charge on any atom is -0.363 e. The molecule has 0 spiro atoms. The number of anilines is 1. The fraction of sp³-hybridized carbons (Fsp3) is 0.714. The molecule has 6 nitrogen and oxygen atoms in total. The Balaban J connectivity index is 0.00000280. The van der Waals surface area contributed by atoms with Gasteiger partial charge in [-0.15, -0.1) is 24.0 Å². The van der Waals surface area contributed by atoms with E-state index in [9.17, 15) is 0 Å². The van der Waals surface area contributed by atoms with Crippen LogP contribution < -0.4 is 15.5 Å². The van der Waals surface area contributed by atoms with Crippen molar-refractivity contribution in [1.29, 1.82) is 0 Å².